The Morgan fingerprint density at radius 1 is 1.47 bits per heavy atom. The van der Waals surface area contributed by atoms with E-state index in [4.69, 9.17) is 0 Å². The van der Waals surface area contributed by atoms with Gasteiger partial charge in [0.1, 0.15) is 16.2 Å². The molecule has 2 heterocycles. The van der Waals surface area contributed by atoms with E-state index in [0.29, 0.717) is 5.69 Å². The highest BCUT2D eigenvalue weighted by Gasteiger charge is 2.44. The van der Waals surface area contributed by atoms with Crippen molar-refractivity contribution in [2.75, 3.05) is 12.4 Å². The minimum Gasteiger partial charge on any atom is -0.377 e. The molecule has 7 nitrogen and oxygen atoms in total. The lowest BCUT2D eigenvalue weighted by Crippen LogP contribution is -2.40. The molecule has 1 fully saturated rings. The Morgan fingerprint density at radius 3 is 2.71 bits per heavy atom. The summed E-state index contributed by atoms with van der Waals surface area (Å²) in [5.41, 5.74) is -0.251. The van der Waals surface area contributed by atoms with Crippen molar-refractivity contribution in [2.45, 2.75) is 25.9 Å². The van der Waals surface area contributed by atoms with E-state index in [0.717, 1.165) is 9.90 Å². The number of aromatic nitrogens is 2. The van der Waals surface area contributed by atoms with E-state index >= 15 is 0 Å². The summed E-state index contributed by atoms with van der Waals surface area (Å²) in [4.78, 5) is 24.7. The van der Waals surface area contributed by atoms with Gasteiger partial charge in [-0.1, -0.05) is 4.49 Å². The zero-order valence-corrected chi connectivity index (χ0v) is 10.6. The Bertz CT molecular complexity index is 470. The highest BCUT2D eigenvalue weighted by atomic mass is 32.1. The number of hydrogen-bond donors (Lipinski definition) is 2. The molecule has 0 atom stereocenters. The minimum atomic E-state index is -0.847. The van der Waals surface area contributed by atoms with Crippen LogP contribution in [0, 0.1) is 0 Å². The molecule has 3 amide bonds. The molecule has 0 aromatic carbocycles. The van der Waals surface area contributed by atoms with Gasteiger partial charge in [0.05, 0.1) is 6.54 Å². The van der Waals surface area contributed by atoms with Crippen LogP contribution < -0.4 is 10.6 Å². The maximum absolute atomic E-state index is 11.9. The molecular weight excluding hydrogens is 242 g/mol. The van der Waals surface area contributed by atoms with Crippen molar-refractivity contribution in [3.8, 4) is 0 Å². The smallest absolute Gasteiger partial charge is 0.325 e. The first-order valence-electron chi connectivity index (χ1n) is 5.09. The number of rotatable bonds is 3. The molecule has 92 valence electrons. The summed E-state index contributed by atoms with van der Waals surface area (Å²) in [5.74, 6) is -0.252. The molecule has 1 aliphatic heterocycles. The lowest BCUT2D eigenvalue weighted by molar-refractivity contribution is -0.130. The molecule has 2 rings (SSSR count). The van der Waals surface area contributed by atoms with Gasteiger partial charge >= 0.3 is 6.03 Å². The van der Waals surface area contributed by atoms with Gasteiger partial charge in [0.25, 0.3) is 5.91 Å². The molecule has 1 aliphatic rings. The fourth-order valence-corrected chi connectivity index (χ4v) is 2.14. The second-order valence-electron chi connectivity index (χ2n) is 4.25. The van der Waals surface area contributed by atoms with Crippen LogP contribution in [0.1, 0.15) is 19.5 Å². The van der Waals surface area contributed by atoms with Crippen LogP contribution >= 0.6 is 11.5 Å². The number of nitrogens with zero attached hydrogens (tertiary/aromatic N) is 3. The normalized spacial score (nSPS) is 18.4. The van der Waals surface area contributed by atoms with Gasteiger partial charge in [-0.15, -0.1) is 5.10 Å². The maximum atomic E-state index is 11.9. The third-order valence-corrected chi connectivity index (χ3v) is 3.32. The molecule has 1 aromatic rings. The van der Waals surface area contributed by atoms with E-state index in [-0.39, 0.29) is 12.5 Å². The van der Waals surface area contributed by atoms with Gasteiger partial charge in [-0.25, -0.2) is 4.79 Å². The fraction of sp³-hybridized carbons (Fsp3) is 0.556. The average Bonchev–Trinajstić information content (AvgIpc) is 2.77. The molecule has 1 saturated heterocycles. The zero-order chi connectivity index (χ0) is 12.6. The van der Waals surface area contributed by atoms with E-state index in [2.05, 4.69) is 20.2 Å². The van der Waals surface area contributed by atoms with Crippen LogP contribution in [-0.2, 0) is 11.3 Å². The molecule has 0 saturated carbocycles. The number of imide groups is 1. The summed E-state index contributed by atoms with van der Waals surface area (Å²) in [6.45, 7) is 3.48. The molecule has 0 spiro atoms. The van der Waals surface area contributed by atoms with Crippen molar-refractivity contribution >= 4 is 28.5 Å². The first-order valence-corrected chi connectivity index (χ1v) is 5.86. The molecular formula is C9H13N5O2S. The summed E-state index contributed by atoms with van der Waals surface area (Å²) >= 11 is 1.19. The molecule has 8 heteroatoms. The highest BCUT2D eigenvalue weighted by molar-refractivity contribution is 7.10. The van der Waals surface area contributed by atoms with Gasteiger partial charge in [0, 0.05) is 18.6 Å². The monoisotopic (exact) mass is 255 g/mol. The average molecular weight is 255 g/mol. The molecule has 2 N–H and O–H groups in total. The third kappa shape index (κ3) is 1.95. The summed E-state index contributed by atoms with van der Waals surface area (Å²) in [6.07, 6.45) is 0. The topological polar surface area (TPSA) is 87.2 Å². The van der Waals surface area contributed by atoms with Crippen LogP contribution in [0.4, 0.5) is 9.80 Å². The molecule has 17 heavy (non-hydrogen) atoms. The fourth-order valence-electron chi connectivity index (χ4n) is 1.61. The standard InChI is InChI=1S/C9H13N5O2S/c1-9(2)7(15)14(8(16)11-9)4-5-6(10-3)17-13-12-5/h10H,4H2,1-3H3,(H,11,16). The SMILES string of the molecule is CNc1snnc1CN1C(=O)NC(C)(C)C1=O. The number of carbonyl (C=O) groups is 2. The second kappa shape index (κ2) is 3.95. The first-order chi connectivity index (χ1) is 7.95. The number of urea groups is 1. The van der Waals surface area contributed by atoms with Crippen molar-refractivity contribution in [2.24, 2.45) is 0 Å². The summed E-state index contributed by atoms with van der Waals surface area (Å²) in [5, 5.41) is 10.2. The van der Waals surface area contributed by atoms with E-state index in [1.807, 2.05) is 0 Å². The minimum absolute atomic E-state index is 0.140. The Balaban J connectivity index is 2.20. The number of carbonyl (C=O) groups excluding carboxylic acids is 2. The van der Waals surface area contributed by atoms with Crippen LogP contribution in [0.2, 0.25) is 0 Å². The zero-order valence-electron chi connectivity index (χ0n) is 9.77. The number of anilines is 1. The van der Waals surface area contributed by atoms with Crippen LogP contribution in [0.3, 0.4) is 0 Å². The summed E-state index contributed by atoms with van der Waals surface area (Å²) in [7, 11) is 1.74. The number of hydrogen-bond acceptors (Lipinski definition) is 6. The Kier molecular flexibility index (Phi) is 2.74. The first kappa shape index (κ1) is 11.8. The van der Waals surface area contributed by atoms with Crippen molar-refractivity contribution in [3.05, 3.63) is 5.69 Å². The second-order valence-corrected chi connectivity index (χ2v) is 5.00. The van der Waals surface area contributed by atoms with Crippen LogP contribution in [0.15, 0.2) is 0 Å². The van der Waals surface area contributed by atoms with Crippen LogP contribution in [-0.4, -0.2) is 39.0 Å². The van der Waals surface area contributed by atoms with E-state index in [1.54, 1.807) is 20.9 Å². The van der Waals surface area contributed by atoms with E-state index in [9.17, 15) is 9.59 Å². The Labute approximate surface area is 102 Å². The molecule has 0 bridgehead atoms. The van der Waals surface area contributed by atoms with Crippen molar-refractivity contribution in [3.63, 3.8) is 0 Å². The van der Waals surface area contributed by atoms with Gasteiger partial charge < -0.3 is 10.6 Å². The van der Waals surface area contributed by atoms with Gasteiger partial charge in [-0.2, -0.15) is 0 Å². The van der Waals surface area contributed by atoms with Crippen molar-refractivity contribution < 1.29 is 9.59 Å². The van der Waals surface area contributed by atoms with Crippen molar-refractivity contribution in [1.29, 1.82) is 0 Å². The molecule has 0 radical (unpaired) electrons. The van der Waals surface area contributed by atoms with Gasteiger partial charge in [0.15, 0.2) is 0 Å². The highest BCUT2D eigenvalue weighted by Crippen LogP contribution is 2.23. The Hall–Kier alpha value is -1.70. The number of nitrogens with one attached hydrogen (secondary N) is 2. The predicted molar refractivity (Wildman–Crippen MR) is 62.6 cm³/mol. The number of amides is 3. The molecule has 1 aromatic heterocycles. The van der Waals surface area contributed by atoms with Crippen LogP contribution in [0.25, 0.3) is 0 Å². The summed E-state index contributed by atoms with van der Waals surface area (Å²) < 4.78 is 3.78. The Morgan fingerprint density at radius 2 is 2.18 bits per heavy atom. The van der Waals surface area contributed by atoms with E-state index < -0.39 is 11.6 Å². The van der Waals surface area contributed by atoms with E-state index in [1.165, 1.54) is 11.5 Å². The third-order valence-electron chi connectivity index (χ3n) is 2.54. The molecule has 0 unspecified atom stereocenters. The lowest BCUT2D eigenvalue weighted by atomic mass is 10.1. The van der Waals surface area contributed by atoms with Gasteiger partial charge in [0.2, 0.25) is 0 Å². The molecule has 0 aliphatic carbocycles. The lowest BCUT2D eigenvalue weighted by Gasteiger charge is -2.15. The van der Waals surface area contributed by atoms with Gasteiger partial charge in [-0.05, 0) is 13.8 Å². The van der Waals surface area contributed by atoms with Crippen molar-refractivity contribution in [1.82, 2.24) is 19.8 Å². The largest absolute Gasteiger partial charge is 0.377 e. The predicted octanol–water partition coefficient (Wildman–Crippen LogP) is 0.410. The summed E-state index contributed by atoms with van der Waals surface area (Å²) in [6, 6.07) is -0.393. The van der Waals surface area contributed by atoms with Crippen LogP contribution in [0.5, 0.6) is 0 Å². The maximum Gasteiger partial charge on any atom is 0.325 e. The van der Waals surface area contributed by atoms with Gasteiger partial charge in [-0.3, -0.25) is 9.69 Å². The quantitative estimate of drug-likeness (QED) is 0.764.